The summed E-state index contributed by atoms with van der Waals surface area (Å²) >= 11 is 8.34. The van der Waals surface area contributed by atoms with Crippen molar-refractivity contribution < 1.29 is 5.11 Å². The van der Waals surface area contributed by atoms with Gasteiger partial charge in [0.15, 0.2) is 0 Å². The number of aliphatic hydroxyl groups is 1. The lowest BCUT2D eigenvalue weighted by Gasteiger charge is -2.04. The summed E-state index contributed by atoms with van der Waals surface area (Å²) in [6.07, 6.45) is 3.03. The minimum Gasteiger partial charge on any atom is -0.388 e. The number of aliphatic hydroxyl groups excluding tert-OH is 1. The van der Waals surface area contributed by atoms with Gasteiger partial charge >= 0.3 is 0 Å². The van der Waals surface area contributed by atoms with E-state index in [4.69, 9.17) is 0 Å². The quantitative estimate of drug-likeness (QED) is 0.819. The highest BCUT2D eigenvalue weighted by molar-refractivity contribution is 9.13. The maximum absolute atomic E-state index is 9.71. The standard InChI is InChI=1S/C9H10Br2OS/c1-2-3-4-7(12)8-5-6(10)9(11)13-8/h2,5,7,12H,1,3-4H2. The van der Waals surface area contributed by atoms with Crippen molar-refractivity contribution in [3.63, 3.8) is 0 Å². The van der Waals surface area contributed by atoms with E-state index >= 15 is 0 Å². The zero-order chi connectivity index (χ0) is 9.84. The van der Waals surface area contributed by atoms with Crippen LogP contribution in [0.5, 0.6) is 0 Å². The molecule has 1 N–H and O–H groups in total. The molecule has 0 saturated heterocycles. The normalized spacial score (nSPS) is 12.8. The van der Waals surface area contributed by atoms with E-state index in [0.717, 1.165) is 26.0 Å². The summed E-state index contributed by atoms with van der Waals surface area (Å²) in [6, 6.07) is 1.95. The summed E-state index contributed by atoms with van der Waals surface area (Å²) in [5, 5.41) is 9.71. The summed E-state index contributed by atoms with van der Waals surface area (Å²) in [7, 11) is 0. The van der Waals surface area contributed by atoms with Crippen LogP contribution in [0.1, 0.15) is 23.8 Å². The first kappa shape index (κ1) is 11.4. The minimum atomic E-state index is -0.370. The van der Waals surface area contributed by atoms with Crippen LogP contribution in [0.15, 0.2) is 27.0 Å². The molecule has 0 spiro atoms. The summed E-state index contributed by atoms with van der Waals surface area (Å²) in [5.74, 6) is 0. The zero-order valence-corrected chi connectivity index (χ0v) is 11.0. The molecule has 13 heavy (non-hydrogen) atoms. The molecule has 0 aromatic carbocycles. The van der Waals surface area contributed by atoms with Crippen molar-refractivity contribution in [2.75, 3.05) is 0 Å². The maximum Gasteiger partial charge on any atom is 0.0885 e. The van der Waals surface area contributed by atoms with Gasteiger partial charge in [0.2, 0.25) is 0 Å². The monoisotopic (exact) mass is 324 g/mol. The third-order valence-electron chi connectivity index (χ3n) is 1.64. The van der Waals surface area contributed by atoms with Gasteiger partial charge in [0.25, 0.3) is 0 Å². The fourth-order valence-electron chi connectivity index (χ4n) is 0.946. The highest BCUT2D eigenvalue weighted by atomic mass is 79.9. The number of rotatable bonds is 4. The van der Waals surface area contributed by atoms with E-state index < -0.39 is 0 Å². The van der Waals surface area contributed by atoms with Crippen molar-refractivity contribution in [2.45, 2.75) is 18.9 Å². The van der Waals surface area contributed by atoms with E-state index in [1.165, 1.54) is 0 Å². The molecule has 4 heteroatoms. The van der Waals surface area contributed by atoms with Crippen molar-refractivity contribution in [2.24, 2.45) is 0 Å². The summed E-state index contributed by atoms with van der Waals surface area (Å²) in [6.45, 7) is 3.62. The smallest absolute Gasteiger partial charge is 0.0885 e. The van der Waals surface area contributed by atoms with Gasteiger partial charge in [-0.05, 0) is 50.8 Å². The second-order valence-corrected chi connectivity index (χ2v) is 5.91. The van der Waals surface area contributed by atoms with Crippen LogP contribution < -0.4 is 0 Å². The topological polar surface area (TPSA) is 20.2 Å². The first-order chi connectivity index (χ1) is 6.15. The van der Waals surface area contributed by atoms with Crippen LogP contribution in [0.2, 0.25) is 0 Å². The Bertz CT molecular complexity index is 276. The number of thiophene rings is 1. The van der Waals surface area contributed by atoms with Gasteiger partial charge in [0, 0.05) is 9.35 Å². The van der Waals surface area contributed by atoms with E-state index in [1.807, 2.05) is 12.1 Å². The Morgan fingerprint density at radius 3 is 2.77 bits per heavy atom. The van der Waals surface area contributed by atoms with Crippen molar-refractivity contribution >= 4 is 43.2 Å². The molecule has 0 radical (unpaired) electrons. The molecule has 0 aliphatic heterocycles. The molecule has 0 amide bonds. The molecule has 0 fully saturated rings. The molecule has 0 aliphatic carbocycles. The van der Waals surface area contributed by atoms with Gasteiger partial charge < -0.3 is 5.11 Å². The molecule has 1 rings (SSSR count). The summed E-state index contributed by atoms with van der Waals surface area (Å²) in [5.41, 5.74) is 0. The molecule has 0 bridgehead atoms. The van der Waals surface area contributed by atoms with Gasteiger partial charge in [-0.2, -0.15) is 0 Å². The highest BCUT2D eigenvalue weighted by Gasteiger charge is 2.11. The van der Waals surface area contributed by atoms with Crippen LogP contribution in [0.3, 0.4) is 0 Å². The summed E-state index contributed by atoms with van der Waals surface area (Å²) < 4.78 is 2.03. The molecule has 1 atom stereocenters. The lowest BCUT2D eigenvalue weighted by Crippen LogP contribution is -1.92. The Morgan fingerprint density at radius 2 is 2.31 bits per heavy atom. The molecule has 1 unspecified atom stereocenters. The van der Waals surface area contributed by atoms with Crippen LogP contribution in [0, 0.1) is 0 Å². The van der Waals surface area contributed by atoms with Gasteiger partial charge in [0.1, 0.15) is 0 Å². The Labute approximate surface area is 98.7 Å². The third-order valence-corrected chi connectivity index (χ3v) is 4.99. The van der Waals surface area contributed by atoms with Crippen LogP contribution in [0.4, 0.5) is 0 Å². The number of allylic oxidation sites excluding steroid dienone is 1. The van der Waals surface area contributed by atoms with Gasteiger partial charge in [-0.25, -0.2) is 0 Å². The van der Waals surface area contributed by atoms with Crippen molar-refractivity contribution in [1.82, 2.24) is 0 Å². The minimum absolute atomic E-state index is 0.370. The molecular weight excluding hydrogens is 316 g/mol. The van der Waals surface area contributed by atoms with Gasteiger partial charge in [0.05, 0.1) is 9.89 Å². The molecule has 0 aliphatic rings. The number of hydrogen-bond donors (Lipinski definition) is 1. The largest absolute Gasteiger partial charge is 0.388 e. The molecule has 1 aromatic rings. The molecular formula is C9H10Br2OS. The molecule has 72 valence electrons. The Morgan fingerprint density at radius 1 is 1.62 bits per heavy atom. The Kier molecular flexibility index (Phi) is 4.66. The lowest BCUT2D eigenvalue weighted by molar-refractivity contribution is 0.172. The predicted octanol–water partition coefficient (Wildman–Crippen LogP) is 4.27. The predicted molar refractivity (Wildman–Crippen MR) is 64.1 cm³/mol. The Balaban J connectivity index is 2.65. The third kappa shape index (κ3) is 3.20. The van der Waals surface area contributed by atoms with Gasteiger partial charge in [-0.3, -0.25) is 0 Å². The molecule has 1 nitrogen and oxygen atoms in total. The van der Waals surface area contributed by atoms with E-state index in [0.29, 0.717) is 0 Å². The van der Waals surface area contributed by atoms with E-state index in [2.05, 4.69) is 38.4 Å². The van der Waals surface area contributed by atoms with Crippen LogP contribution in [-0.2, 0) is 0 Å². The SMILES string of the molecule is C=CCCC(O)c1cc(Br)c(Br)s1. The number of hydrogen-bond acceptors (Lipinski definition) is 2. The van der Waals surface area contributed by atoms with E-state index in [-0.39, 0.29) is 6.10 Å². The fraction of sp³-hybridized carbons (Fsp3) is 0.333. The Hall–Kier alpha value is 0.360. The molecule has 1 heterocycles. The molecule has 0 saturated carbocycles. The second kappa shape index (κ2) is 5.29. The first-order valence-corrected chi connectivity index (χ1v) is 6.29. The van der Waals surface area contributed by atoms with Crippen molar-refractivity contribution in [3.05, 3.63) is 31.9 Å². The average Bonchev–Trinajstić information content (AvgIpc) is 2.43. The van der Waals surface area contributed by atoms with E-state index in [9.17, 15) is 5.11 Å². The van der Waals surface area contributed by atoms with Crippen LogP contribution in [0.25, 0.3) is 0 Å². The van der Waals surface area contributed by atoms with Gasteiger partial charge in [-0.1, -0.05) is 6.08 Å². The number of halogens is 2. The van der Waals surface area contributed by atoms with Crippen LogP contribution in [-0.4, -0.2) is 5.11 Å². The van der Waals surface area contributed by atoms with Crippen molar-refractivity contribution in [3.8, 4) is 0 Å². The summed E-state index contributed by atoms with van der Waals surface area (Å²) in [4.78, 5) is 0.987. The van der Waals surface area contributed by atoms with Crippen molar-refractivity contribution in [1.29, 1.82) is 0 Å². The van der Waals surface area contributed by atoms with Gasteiger partial charge in [-0.15, -0.1) is 17.9 Å². The lowest BCUT2D eigenvalue weighted by atomic mass is 10.2. The maximum atomic E-state index is 9.71. The zero-order valence-electron chi connectivity index (χ0n) is 6.96. The average molecular weight is 326 g/mol. The van der Waals surface area contributed by atoms with Crippen LogP contribution >= 0.6 is 43.2 Å². The second-order valence-electron chi connectivity index (χ2n) is 2.65. The fourth-order valence-corrected chi connectivity index (χ4v) is 3.06. The first-order valence-electron chi connectivity index (χ1n) is 3.89. The molecule has 1 aromatic heterocycles. The van der Waals surface area contributed by atoms with E-state index in [1.54, 1.807) is 11.3 Å². The highest BCUT2D eigenvalue weighted by Crippen LogP contribution is 2.36.